The summed E-state index contributed by atoms with van der Waals surface area (Å²) in [4.78, 5) is 3.71. The van der Waals surface area contributed by atoms with Gasteiger partial charge in [0.2, 0.25) is 0 Å². The maximum Gasteiger partial charge on any atom is 0.166 e. The topological polar surface area (TPSA) is 33.1 Å². The number of halogens is 2. The number of pyridine rings is 1. The molecular formula is C9H9ClFNO. The summed E-state index contributed by atoms with van der Waals surface area (Å²) in [6, 6.07) is 0. The number of rotatable bonds is 0. The third kappa shape index (κ3) is 1.42. The van der Waals surface area contributed by atoms with Gasteiger partial charge in [0, 0.05) is 11.8 Å². The van der Waals surface area contributed by atoms with Crippen LogP contribution in [0.1, 0.15) is 30.1 Å². The molecule has 0 radical (unpaired) electrons. The van der Waals surface area contributed by atoms with Crippen molar-refractivity contribution in [2.24, 2.45) is 0 Å². The second kappa shape index (κ2) is 3.24. The molecule has 1 aromatic heterocycles. The van der Waals surface area contributed by atoms with Crippen molar-refractivity contribution < 1.29 is 9.50 Å². The van der Waals surface area contributed by atoms with Crippen LogP contribution in [0.25, 0.3) is 0 Å². The van der Waals surface area contributed by atoms with E-state index in [9.17, 15) is 9.50 Å². The second-order valence-electron chi connectivity index (χ2n) is 3.21. The summed E-state index contributed by atoms with van der Waals surface area (Å²) in [5.74, 6) is -0.564. The zero-order valence-electron chi connectivity index (χ0n) is 6.93. The predicted octanol–water partition coefficient (Wildman–Crippen LogP) is 2.24. The maximum absolute atomic E-state index is 13.4. The number of hydrogen-bond donors (Lipinski definition) is 1. The maximum atomic E-state index is 13.4. The molecule has 0 bridgehead atoms. The molecule has 0 aromatic carbocycles. The minimum atomic E-state index is -0.718. The van der Waals surface area contributed by atoms with E-state index in [-0.39, 0.29) is 5.15 Å². The molecule has 0 saturated heterocycles. The van der Waals surface area contributed by atoms with Crippen molar-refractivity contribution in [3.05, 3.63) is 28.3 Å². The van der Waals surface area contributed by atoms with Gasteiger partial charge in [-0.15, -0.1) is 0 Å². The van der Waals surface area contributed by atoms with E-state index in [0.717, 1.165) is 18.4 Å². The third-order valence-electron chi connectivity index (χ3n) is 2.35. The molecule has 0 unspecified atom stereocenters. The van der Waals surface area contributed by atoms with Gasteiger partial charge in [-0.05, 0) is 24.8 Å². The third-order valence-corrected chi connectivity index (χ3v) is 2.62. The summed E-state index contributed by atoms with van der Waals surface area (Å²) in [5.41, 5.74) is 1.12. The van der Waals surface area contributed by atoms with Crippen LogP contribution in [0.3, 0.4) is 0 Å². The molecule has 0 spiro atoms. The summed E-state index contributed by atoms with van der Waals surface area (Å²) in [5, 5.41) is 9.39. The van der Waals surface area contributed by atoms with Crippen molar-refractivity contribution in [3.8, 4) is 0 Å². The zero-order chi connectivity index (χ0) is 9.42. The predicted molar refractivity (Wildman–Crippen MR) is 47.1 cm³/mol. The SMILES string of the molecule is O[C@H]1CCCc2cnc(Cl)c(F)c21. The Labute approximate surface area is 80.4 Å². The van der Waals surface area contributed by atoms with Crippen LogP contribution >= 0.6 is 11.6 Å². The first-order valence-corrected chi connectivity index (χ1v) is 4.59. The quantitative estimate of drug-likeness (QED) is 0.653. The first-order chi connectivity index (χ1) is 6.20. The lowest BCUT2D eigenvalue weighted by atomic mass is 9.91. The van der Waals surface area contributed by atoms with Gasteiger partial charge in [-0.3, -0.25) is 0 Å². The number of fused-ring (bicyclic) bond motifs is 1. The molecule has 0 aliphatic heterocycles. The van der Waals surface area contributed by atoms with Crippen LogP contribution in [0.2, 0.25) is 5.15 Å². The Bertz CT molecular complexity index is 343. The minimum absolute atomic E-state index is 0.153. The Kier molecular flexibility index (Phi) is 2.22. The summed E-state index contributed by atoms with van der Waals surface area (Å²) in [6.07, 6.45) is 3.07. The van der Waals surface area contributed by atoms with Gasteiger partial charge in [0.15, 0.2) is 11.0 Å². The van der Waals surface area contributed by atoms with Crippen molar-refractivity contribution in [1.29, 1.82) is 0 Å². The Morgan fingerprint density at radius 3 is 3.15 bits per heavy atom. The highest BCUT2D eigenvalue weighted by molar-refractivity contribution is 6.29. The van der Waals surface area contributed by atoms with Gasteiger partial charge in [0.05, 0.1) is 6.10 Å². The molecule has 0 saturated carbocycles. The molecule has 1 atom stereocenters. The van der Waals surface area contributed by atoms with Crippen LogP contribution in [0.5, 0.6) is 0 Å². The van der Waals surface area contributed by atoms with Gasteiger partial charge in [0.1, 0.15) is 0 Å². The van der Waals surface area contributed by atoms with Crippen LogP contribution in [-0.2, 0) is 6.42 Å². The van der Waals surface area contributed by atoms with Gasteiger partial charge in [0.25, 0.3) is 0 Å². The van der Waals surface area contributed by atoms with E-state index in [1.165, 1.54) is 0 Å². The van der Waals surface area contributed by atoms with Crippen molar-refractivity contribution in [2.75, 3.05) is 0 Å². The lowest BCUT2D eigenvalue weighted by molar-refractivity contribution is 0.151. The van der Waals surface area contributed by atoms with Crippen molar-refractivity contribution in [2.45, 2.75) is 25.4 Å². The molecule has 1 N–H and O–H groups in total. The standard InChI is InChI=1S/C9H9ClFNO/c10-9-8(11)7-5(4-12-9)2-1-3-6(7)13/h4,6,13H,1-3H2/t6-/m0/s1. The van der Waals surface area contributed by atoms with Gasteiger partial charge >= 0.3 is 0 Å². The van der Waals surface area contributed by atoms with E-state index < -0.39 is 11.9 Å². The summed E-state index contributed by atoms with van der Waals surface area (Å²) < 4.78 is 13.4. The number of aromatic nitrogens is 1. The molecule has 0 amide bonds. The van der Waals surface area contributed by atoms with Crippen molar-refractivity contribution in [1.82, 2.24) is 4.98 Å². The van der Waals surface area contributed by atoms with E-state index in [1.54, 1.807) is 6.20 Å². The first-order valence-electron chi connectivity index (χ1n) is 4.21. The highest BCUT2D eigenvalue weighted by Gasteiger charge is 2.23. The molecule has 1 aliphatic rings. The average Bonchev–Trinajstić information content (AvgIpc) is 2.12. The molecular weight excluding hydrogens is 193 g/mol. The fraction of sp³-hybridized carbons (Fsp3) is 0.444. The fourth-order valence-corrected chi connectivity index (χ4v) is 1.85. The van der Waals surface area contributed by atoms with E-state index in [1.807, 2.05) is 0 Å². The molecule has 2 nitrogen and oxygen atoms in total. The van der Waals surface area contributed by atoms with Gasteiger partial charge in [-0.2, -0.15) is 0 Å². The normalized spacial score (nSPS) is 21.3. The van der Waals surface area contributed by atoms with Crippen LogP contribution in [-0.4, -0.2) is 10.1 Å². The molecule has 1 aliphatic carbocycles. The van der Waals surface area contributed by atoms with Gasteiger partial charge in [-0.1, -0.05) is 11.6 Å². The largest absolute Gasteiger partial charge is 0.388 e. The Morgan fingerprint density at radius 2 is 2.38 bits per heavy atom. The molecule has 1 heterocycles. The fourth-order valence-electron chi connectivity index (χ4n) is 1.70. The Hall–Kier alpha value is -0.670. The number of nitrogens with zero attached hydrogens (tertiary/aromatic N) is 1. The van der Waals surface area contributed by atoms with E-state index in [4.69, 9.17) is 11.6 Å². The smallest absolute Gasteiger partial charge is 0.166 e. The van der Waals surface area contributed by atoms with Gasteiger partial charge < -0.3 is 5.11 Å². The van der Waals surface area contributed by atoms with E-state index in [0.29, 0.717) is 12.0 Å². The number of hydrogen-bond acceptors (Lipinski definition) is 2. The lowest BCUT2D eigenvalue weighted by Gasteiger charge is -2.21. The highest BCUT2D eigenvalue weighted by Crippen LogP contribution is 2.33. The van der Waals surface area contributed by atoms with E-state index in [2.05, 4.69) is 4.98 Å². The number of aliphatic hydroxyl groups is 1. The highest BCUT2D eigenvalue weighted by atomic mass is 35.5. The van der Waals surface area contributed by atoms with Gasteiger partial charge in [-0.25, -0.2) is 9.37 Å². The molecule has 1 aromatic rings. The molecule has 70 valence electrons. The van der Waals surface area contributed by atoms with Crippen molar-refractivity contribution in [3.63, 3.8) is 0 Å². The van der Waals surface area contributed by atoms with Crippen LogP contribution in [0.15, 0.2) is 6.20 Å². The molecule has 13 heavy (non-hydrogen) atoms. The van der Waals surface area contributed by atoms with Crippen LogP contribution in [0, 0.1) is 5.82 Å². The number of aliphatic hydroxyl groups excluding tert-OH is 1. The van der Waals surface area contributed by atoms with Crippen molar-refractivity contribution >= 4 is 11.6 Å². The number of aryl methyl sites for hydroxylation is 1. The Balaban J connectivity index is 2.58. The molecule has 2 rings (SSSR count). The van der Waals surface area contributed by atoms with E-state index >= 15 is 0 Å². The molecule has 0 fully saturated rings. The van der Waals surface area contributed by atoms with Crippen LogP contribution < -0.4 is 0 Å². The summed E-state index contributed by atoms with van der Waals surface area (Å²) in [7, 11) is 0. The monoisotopic (exact) mass is 201 g/mol. The summed E-state index contributed by atoms with van der Waals surface area (Å²) in [6.45, 7) is 0. The summed E-state index contributed by atoms with van der Waals surface area (Å²) >= 11 is 5.51. The minimum Gasteiger partial charge on any atom is -0.388 e. The first kappa shape index (κ1) is 8.91. The zero-order valence-corrected chi connectivity index (χ0v) is 7.68. The molecule has 4 heteroatoms. The van der Waals surface area contributed by atoms with Crippen LogP contribution in [0.4, 0.5) is 4.39 Å². The lowest BCUT2D eigenvalue weighted by Crippen LogP contribution is -2.12. The average molecular weight is 202 g/mol. The Morgan fingerprint density at radius 1 is 1.62 bits per heavy atom. The second-order valence-corrected chi connectivity index (χ2v) is 3.57.